The normalized spacial score (nSPS) is 16.0. The summed E-state index contributed by atoms with van der Waals surface area (Å²) in [4.78, 5) is 41.9. The van der Waals surface area contributed by atoms with E-state index in [9.17, 15) is 14.4 Å². The van der Waals surface area contributed by atoms with E-state index in [2.05, 4.69) is 0 Å². The number of ether oxygens (including phenoxy) is 1. The number of rotatable bonds is 5. The van der Waals surface area contributed by atoms with Gasteiger partial charge in [-0.05, 0) is 43.0 Å². The van der Waals surface area contributed by atoms with Gasteiger partial charge in [0.1, 0.15) is 0 Å². The molecule has 2 aliphatic rings. The maximum atomic E-state index is 13.1. The molecule has 0 unspecified atom stereocenters. The molecule has 1 aliphatic carbocycles. The van der Waals surface area contributed by atoms with Crippen LogP contribution in [0, 0.1) is 0 Å². The molecule has 31 heavy (non-hydrogen) atoms. The van der Waals surface area contributed by atoms with Crippen LogP contribution in [0.25, 0.3) is 0 Å². The highest BCUT2D eigenvalue weighted by molar-refractivity contribution is 6.06. The highest BCUT2D eigenvalue weighted by Gasteiger charge is 2.28. The van der Waals surface area contributed by atoms with Crippen molar-refractivity contribution in [2.75, 3.05) is 25.1 Å². The van der Waals surface area contributed by atoms with Crippen molar-refractivity contribution in [2.24, 2.45) is 0 Å². The van der Waals surface area contributed by atoms with Gasteiger partial charge in [-0.2, -0.15) is 0 Å². The average Bonchev–Trinajstić information content (AvgIpc) is 3.26. The molecular weight excluding hydrogens is 392 g/mol. The standard InChI is InChI=1S/C25H28N2O4/c1-26(19-10-3-2-4-11-19)24(29)20-12-6-7-13-21(20)25(30)31-17-23(28)27-16-15-18-9-5-8-14-22(18)27/h5-9,12-14,19H,2-4,10-11,15-17H2,1H3. The molecule has 0 radical (unpaired) electrons. The quantitative estimate of drug-likeness (QED) is 0.690. The summed E-state index contributed by atoms with van der Waals surface area (Å²) in [7, 11) is 1.80. The SMILES string of the molecule is CN(C(=O)c1ccccc1C(=O)OCC(=O)N1CCc2ccccc21)C1CCCCC1. The maximum Gasteiger partial charge on any atom is 0.339 e. The second kappa shape index (κ2) is 9.33. The molecule has 1 aliphatic heterocycles. The number of esters is 1. The third-order valence-corrected chi connectivity index (χ3v) is 6.34. The van der Waals surface area contributed by atoms with E-state index in [4.69, 9.17) is 4.74 Å². The van der Waals surface area contributed by atoms with Gasteiger partial charge < -0.3 is 14.5 Å². The predicted molar refractivity (Wildman–Crippen MR) is 118 cm³/mol. The summed E-state index contributed by atoms with van der Waals surface area (Å²) in [6, 6.07) is 14.6. The smallest absolute Gasteiger partial charge is 0.339 e. The zero-order valence-corrected chi connectivity index (χ0v) is 17.9. The van der Waals surface area contributed by atoms with Crippen molar-refractivity contribution in [1.82, 2.24) is 4.90 Å². The van der Waals surface area contributed by atoms with E-state index in [1.807, 2.05) is 24.3 Å². The van der Waals surface area contributed by atoms with Gasteiger partial charge in [-0.15, -0.1) is 0 Å². The molecule has 0 bridgehead atoms. The number of fused-ring (bicyclic) bond motifs is 1. The molecule has 0 N–H and O–H groups in total. The highest BCUT2D eigenvalue weighted by Crippen LogP contribution is 2.27. The number of hydrogen-bond acceptors (Lipinski definition) is 4. The molecule has 2 amide bonds. The lowest BCUT2D eigenvalue weighted by Crippen LogP contribution is -2.39. The molecule has 2 aromatic carbocycles. The number of nitrogens with zero attached hydrogens (tertiary/aromatic N) is 2. The first-order valence-electron chi connectivity index (χ1n) is 11.0. The van der Waals surface area contributed by atoms with Gasteiger partial charge >= 0.3 is 5.97 Å². The van der Waals surface area contributed by atoms with Crippen molar-refractivity contribution in [1.29, 1.82) is 0 Å². The van der Waals surface area contributed by atoms with Crippen LogP contribution < -0.4 is 4.90 Å². The number of hydrogen-bond donors (Lipinski definition) is 0. The van der Waals surface area contributed by atoms with Crippen molar-refractivity contribution in [3.05, 3.63) is 65.2 Å². The van der Waals surface area contributed by atoms with Gasteiger partial charge in [-0.25, -0.2) is 4.79 Å². The van der Waals surface area contributed by atoms with Crippen LogP contribution in [0.1, 0.15) is 58.4 Å². The van der Waals surface area contributed by atoms with E-state index < -0.39 is 5.97 Å². The predicted octanol–water partition coefficient (Wildman–Crippen LogP) is 3.84. The van der Waals surface area contributed by atoms with E-state index in [1.165, 1.54) is 6.42 Å². The molecule has 1 saturated carbocycles. The zero-order valence-electron chi connectivity index (χ0n) is 17.9. The van der Waals surface area contributed by atoms with Gasteiger partial charge in [0.25, 0.3) is 11.8 Å². The van der Waals surface area contributed by atoms with Gasteiger partial charge in [-0.1, -0.05) is 49.6 Å². The summed E-state index contributed by atoms with van der Waals surface area (Å²) < 4.78 is 5.33. The van der Waals surface area contributed by atoms with E-state index >= 15 is 0 Å². The maximum absolute atomic E-state index is 13.1. The van der Waals surface area contributed by atoms with Crippen LogP contribution in [0.5, 0.6) is 0 Å². The van der Waals surface area contributed by atoms with Crippen LogP contribution >= 0.6 is 0 Å². The van der Waals surface area contributed by atoms with Crippen LogP contribution in [0.3, 0.4) is 0 Å². The molecule has 0 atom stereocenters. The van der Waals surface area contributed by atoms with Crippen molar-refractivity contribution >= 4 is 23.5 Å². The van der Waals surface area contributed by atoms with E-state index in [0.717, 1.165) is 43.4 Å². The minimum Gasteiger partial charge on any atom is -0.452 e. The summed E-state index contributed by atoms with van der Waals surface area (Å²) in [6.07, 6.45) is 6.21. The Balaban J connectivity index is 1.42. The first-order chi connectivity index (χ1) is 15.1. The molecule has 2 aromatic rings. The molecule has 162 valence electrons. The Morgan fingerprint density at radius 3 is 2.42 bits per heavy atom. The molecule has 0 aromatic heterocycles. The average molecular weight is 421 g/mol. The first-order valence-corrected chi connectivity index (χ1v) is 11.0. The van der Waals surface area contributed by atoms with Crippen molar-refractivity contribution < 1.29 is 19.1 Å². The fourth-order valence-corrected chi connectivity index (χ4v) is 4.55. The fourth-order valence-electron chi connectivity index (χ4n) is 4.55. The third kappa shape index (κ3) is 4.48. The summed E-state index contributed by atoms with van der Waals surface area (Å²) in [5.41, 5.74) is 2.50. The van der Waals surface area contributed by atoms with Gasteiger partial charge in [0.15, 0.2) is 6.61 Å². The van der Waals surface area contributed by atoms with Crippen LogP contribution in [-0.2, 0) is 16.0 Å². The van der Waals surface area contributed by atoms with Gasteiger partial charge in [0.05, 0.1) is 11.1 Å². The van der Waals surface area contributed by atoms with Crippen LogP contribution in [0.4, 0.5) is 5.69 Å². The molecule has 1 fully saturated rings. The number of anilines is 1. The lowest BCUT2D eigenvalue weighted by molar-refractivity contribution is -0.121. The van der Waals surface area contributed by atoms with Crippen LogP contribution in [0.15, 0.2) is 48.5 Å². The second-order valence-corrected chi connectivity index (χ2v) is 8.25. The van der Waals surface area contributed by atoms with Gasteiger partial charge in [0.2, 0.25) is 0 Å². The van der Waals surface area contributed by atoms with E-state index in [1.54, 1.807) is 41.1 Å². The number of amides is 2. The molecule has 6 heteroatoms. The Morgan fingerprint density at radius 2 is 1.65 bits per heavy atom. The topological polar surface area (TPSA) is 66.9 Å². The first kappa shape index (κ1) is 21.1. The molecule has 1 heterocycles. The summed E-state index contributed by atoms with van der Waals surface area (Å²) >= 11 is 0. The Kier molecular flexibility index (Phi) is 6.35. The molecule has 4 rings (SSSR count). The number of para-hydroxylation sites is 1. The van der Waals surface area contributed by atoms with Crippen molar-refractivity contribution in [3.8, 4) is 0 Å². The van der Waals surface area contributed by atoms with Crippen molar-refractivity contribution in [2.45, 2.75) is 44.6 Å². The minimum absolute atomic E-state index is 0.181. The Hall–Kier alpha value is -3.15. The Labute approximate surface area is 182 Å². The van der Waals surface area contributed by atoms with Crippen LogP contribution in [0.2, 0.25) is 0 Å². The monoisotopic (exact) mass is 420 g/mol. The molecule has 0 saturated heterocycles. The van der Waals surface area contributed by atoms with E-state index in [-0.39, 0.29) is 30.0 Å². The minimum atomic E-state index is -0.651. The number of benzene rings is 2. The second-order valence-electron chi connectivity index (χ2n) is 8.25. The van der Waals surface area contributed by atoms with Crippen LogP contribution in [-0.4, -0.2) is 48.9 Å². The lowest BCUT2D eigenvalue weighted by Gasteiger charge is -2.31. The van der Waals surface area contributed by atoms with Crippen molar-refractivity contribution in [3.63, 3.8) is 0 Å². The summed E-state index contributed by atoms with van der Waals surface area (Å²) in [6.45, 7) is 0.227. The summed E-state index contributed by atoms with van der Waals surface area (Å²) in [5, 5.41) is 0. The number of carbonyl (C=O) groups excluding carboxylic acids is 3. The molecule has 6 nitrogen and oxygen atoms in total. The fraction of sp³-hybridized carbons (Fsp3) is 0.400. The Morgan fingerprint density at radius 1 is 0.968 bits per heavy atom. The lowest BCUT2D eigenvalue weighted by atomic mass is 9.94. The van der Waals surface area contributed by atoms with Gasteiger partial charge in [-0.3, -0.25) is 9.59 Å². The molecular formula is C25H28N2O4. The van der Waals surface area contributed by atoms with E-state index in [0.29, 0.717) is 12.1 Å². The zero-order chi connectivity index (χ0) is 21.8. The Bertz CT molecular complexity index is 981. The third-order valence-electron chi connectivity index (χ3n) is 6.34. The summed E-state index contributed by atoms with van der Waals surface area (Å²) in [5.74, 6) is -1.09. The number of carbonyl (C=O) groups is 3. The van der Waals surface area contributed by atoms with Gasteiger partial charge in [0, 0.05) is 25.3 Å². The largest absolute Gasteiger partial charge is 0.452 e. The molecule has 0 spiro atoms. The highest BCUT2D eigenvalue weighted by atomic mass is 16.5.